The van der Waals surface area contributed by atoms with E-state index in [2.05, 4.69) is 10.4 Å². The predicted molar refractivity (Wildman–Crippen MR) is 83.0 cm³/mol. The van der Waals surface area contributed by atoms with E-state index in [4.69, 9.17) is 11.6 Å². The zero-order valence-corrected chi connectivity index (χ0v) is 11.8. The normalized spacial score (nSPS) is 10.5. The highest BCUT2D eigenvalue weighted by molar-refractivity contribution is 6.30. The van der Waals surface area contributed by atoms with Gasteiger partial charge in [-0.15, -0.1) is 0 Å². The summed E-state index contributed by atoms with van der Waals surface area (Å²) in [6, 6.07) is 15.8. The number of anilines is 2. The van der Waals surface area contributed by atoms with Crippen LogP contribution < -0.4 is 5.32 Å². The van der Waals surface area contributed by atoms with Gasteiger partial charge in [0, 0.05) is 10.7 Å². The van der Waals surface area contributed by atoms with Gasteiger partial charge in [0.15, 0.2) is 0 Å². The molecule has 3 nitrogen and oxygen atoms in total. The van der Waals surface area contributed by atoms with E-state index < -0.39 is 0 Å². The van der Waals surface area contributed by atoms with Gasteiger partial charge < -0.3 is 5.32 Å². The third kappa shape index (κ3) is 2.68. The number of nitrogens with one attached hydrogen (secondary N) is 1. The molecule has 1 N–H and O–H groups in total. The van der Waals surface area contributed by atoms with Gasteiger partial charge >= 0.3 is 0 Å². The number of halogens is 1. The van der Waals surface area contributed by atoms with Crippen molar-refractivity contribution in [3.63, 3.8) is 0 Å². The number of hydrogen-bond acceptors (Lipinski definition) is 2. The molecule has 0 amide bonds. The lowest BCUT2D eigenvalue weighted by Crippen LogP contribution is -1.94. The summed E-state index contributed by atoms with van der Waals surface area (Å²) < 4.78 is 1.84. The Morgan fingerprint density at radius 1 is 1.10 bits per heavy atom. The van der Waals surface area contributed by atoms with Crippen LogP contribution in [0.15, 0.2) is 60.9 Å². The van der Waals surface area contributed by atoms with E-state index in [0.717, 1.165) is 22.6 Å². The predicted octanol–water partition coefficient (Wildman–Crippen LogP) is 4.58. The Bertz CT molecular complexity index is 720. The quantitative estimate of drug-likeness (QED) is 0.762. The Kier molecular flexibility index (Phi) is 3.44. The molecule has 0 saturated heterocycles. The Labute approximate surface area is 122 Å². The van der Waals surface area contributed by atoms with Crippen LogP contribution in [0, 0.1) is 6.92 Å². The monoisotopic (exact) mass is 283 g/mol. The molecule has 2 aromatic carbocycles. The van der Waals surface area contributed by atoms with Crippen LogP contribution >= 0.6 is 11.6 Å². The molecule has 3 rings (SSSR count). The van der Waals surface area contributed by atoms with Gasteiger partial charge in [-0.05, 0) is 36.8 Å². The lowest BCUT2D eigenvalue weighted by atomic mass is 10.2. The van der Waals surface area contributed by atoms with E-state index in [9.17, 15) is 0 Å². The van der Waals surface area contributed by atoms with Crippen molar-refractivity contribution < 1.29 is 0 Å². The van der Waals surface area contributed by atoms with E-state index in [1.807, 2.05) is 66.3 Å². The van der Waals surface area contributed by atoms with Crippen LogP contribution in [0.25, 0.3) is 5.69 Å². The minimum Gasteiger partial charge on any atom is -0.353 e. The van der Waals surface area contributed by atoms with Crippen molar-refractivity contribution in [3.05, 3.63) is 71.5 Å². The molecule has 0 fully saturated rings. The van der Waals surface area contributed by atoms with Crippen LogP contribution in [0.2, 0.25) is 5.02 Å². The number of hydrogen-bond donors (Lipinski definition) is 1. The van der Waals surface area contributed by atoms with Crippen LogP contribution in [-0.2, 0) is 0 Å². The van der Waals surface area contributed by atoms with Crippen LogP contribution in [0.5, 0.6) is 0 Å². The van der Waals surface area contributed by atoms with Crippen LogP contribution in [0.1, 0.15) is 5.56 Å². The summed E-state index contributed by atoms with van der Waals surface area (Å²) >= 11 is 6.02. The van der Waals surface area contributed by atoms with Crippen molar-refractivity contribution in [2.45, 2.75) is 6.92 Å². The molecule has 0 aliphatic heterocycles. The number of aryl methyl sites for hydroxylation is 1. The van der Waals surface area contributed by atoms with Crippen LogP contribution in [0.4, 0.5) is 11.4 Å². The molecular weight excluding hydrogens is 270 g/mol. The smallest absolute Gasteiger partial charge is 0.0775 e. The molecular formula is C16H14ClN3. The molecule has 100 valence electrons. The second kappa shape index (κ2) is 5.39. The number of para-hydroxylation sites is 1. The van der Waals surface area contributed by atoms with Crippen molar-refractivity contribution in [1.29, 1.82) is 0 Å². The Morgan fingerprint density at radius 3 is 2.70 bits per heavy atom. The Morgan fingerprint density at radius 2 is 1.90 bits per heavy atom. The van der Waals surface area contributed by atoms with E-state index in [-0.39, 0.29) is 0 Å². The van der Waals surface area contributed by atoms with Gasteiger partial charge in [0.1, 0.15) is 0 Å². The molecule has 20 heavy (non-hydrogen) atoms. The maximum absolute atomic E-state index is 6.02. The number of aromatic nitrogens is 2. The fraction of sp³-hybridized carbons (Fsp3) is 0.0625. The zero-order valence-electron chi connectivity index (χ0n) is 11.0. The molecule has 0 saturated carbocycles. The first kappa shape index (κ1) is 12.8. The molecule has 0 aliphatic rings. The zero-order chi connectivity index (χ0) is 13.9. The molecule has 0 atom stereocenters. The average molecular weight is 284 g/mol. The first-order valence-electron chi connectivity index (χ1n) is 6.36. The molecule has 1 heterocycles. The summed E-state index contributed by atoms with van der Waals surface area (Å²) in [6.45, 7) is 2.04. The van der Waals surface area contributed by atoms with Gasteiger partial charge in [-0.25, -0.2) is 4.68 Å². The topological polar surface area (TPSA) is 29.9 Å². The number of benzene rings is 2. The fourth-order valence-electron chi connectivity index (χ4n) is 1.99. The van der Waals surface area contributed by atoms with Gasteiger partial charge in [0.2, 0.25) is 0 Å². The van der Waals surface area contributed by atoms with Crippen molar-refractivity contribution in [3.8, 4) is 5.69 Å². The van der Waals surface area contributed by atoms with E-state index in [0.29, 0.717) is 5.02 Å². The van der Waals surface area contributed by atoms with Crippen molar-refractivity contribution >= 4 is 23.0 Å². The molecule has 0 aliphatic carbocycles. The first-order valence-corrected chi connectivity index (χ1v) is 6.73. The Hall–Kier alpha value is -2.26. The van der Waals surface area contributed by atoms with E-state index in [1.165, 1.54) is 0 Å². The third-order valence-electron chi connectivity index (χ3n) is 3.08. The largest absolute Gasteiger partial charge is 0.353 e. The van der Waals surface area contributed by atoms with Crippen molar-refractivity contribution in [2.75, 3.05) is 5.32 Å². The fourth-order valence-corrected chi connectivity index (χ4v) is 2.17. The summed E-state index contributed by atoms with van der Waals surface area (Å²) in [5, 5.41) is 8.41. The molecule has 0 radical (unpaired) electrons. The third-order valence-corrected chi connectivity index (χ3v) is 3.32. The maximum atomic E-state index is 6.02. The number of rotatable bonds is 3. The lowest BCUT2D eigenvalue weighted by molar-refractivity contribution is 0.881. The minimum atomic E-state index is 0.716. The van der Waals surface area contributed by atoms with Crippen molar-refractivity contribution in [1.82, 2.24) is 9.78 Å². The van der Waals surface area contributed by atoms with E-state index in [1.54, 1.807) is 6.20 Å². The molecule has 3 aromatic rings. The van der Waals surface area contributed by atoms with Crippen molar-refractivity contribution in [2.24, 2.45) is 0 Å². The second-order valence-electron chi connectivity index (χ2n) is 4.59. The summed E-state index contributed by atoms with van der Waals surface area (Å²) in [5.74, 6) is 0. The van der Waals surface area contributed by atoms with Gasteiger partial charge in [-0.3, -0.25) is 0 Å². The summed E-state index contributed by atoms with van der Waals surface area (Å²) in [5.41, 5.74) is 4.09. The Balaban J connectivity index is 1.86. The average Bonchev–Trinajstić information content (AvgIpc) is 2.92. The van der Waals surface area contributed by atoms with E-state index >= 15 is 0 Å². The molecule has 4 heteroatoms. The highest BCUT2D eigenvalue weighted by Gasteiger charge is 2.03. The highest BCUT2D eigenvalue weighted by atomic mass is 35.5. The summed E-state index contributed by atoms with van der Waals surface area (Å²) in [7, 11) is 0. The first-order chi connectivity index (χ1) is 9.72. The summed E-state index contributed by atoms with van der Waals surface area (Å²) in [6.07, 6.45) is 3.75. The van der Waals surface area contributed by atoms with Crippen LogP contribution in [-0.4, -0.2) is 9.78 Å². The molecule has 0 spiro atoms. The molecule has 1 aromatic heterocycles. The van der Waals surface area contributed by atoms with Gasteiger partial charge in [0.05, 0.1) is 23.8 Å². The van der Waals surface area contributed by atoms with Gasteiger partial charge in [-0.2, -0.15) is 5.10 Å². The SMILES string of the molecule is Cc1ccc(Cl)cc1Nc1cnn(-c2ccccc2)c1. The standard InChI is InChI=1S/C16H14ClN3/c1-12-7-8-13(17)9-16(12)19-14-10-18-20(11-14)15-5-3-2-4-6-15/h2-11,19H,1H3. The maximum Gasteiger partial charge on any atom is 0.0775 e. The van der Waals surface area contributed by atoms with Gasteiger partial charge in [-0.1, -0.05) is 35.9 Å². The van der Waals surface area contributed by atoms with Crippen LogP contribution in [0.3, 0.4) is 0 Å². The highest BCUT2D eigenvalue weighted by Crippen LogP contribution is 2.24. The molecule has 0 unspecified atom stereocenters. The molecule has 0 bridgehead atoms. The second-order valence-corrected chi connectivity index (χ2v) is 5.03. The lowest BCUT2D eigenvalue weighted by Gasteiger charge is -2.07. The minimum absolute atomic E-state index is 0.716. The van der Waals surface area contributed by atoms with Gasteiger partial charge in [0.25, 0.3) is 0 Å². The number of nitrogens with zero attached hydrogens (tertiary/aromatic N) is 2. The summed E-state index contributed by atoms with van der Waals surface area (Å²) in [4.78, 5) is 0.